The lowest BCUT2D eigenvalue weighted by Crippen LogP contribution is -2.54. The standard InChI is InChI=1S/C19H20N2O4/c22-13-6-4-12(5-7-13)14-2-1-3-15-18(14)25-11-10-21(15)16-8-9-17(23)20-19(16)24/h1-4,16H,5-11H2,(H,20,23,24)/t16-/m0/s1. The average Bonchev–Trinajstić information content (AvgIpc) is 2.62. The van der Waals surface area contributed by atoms with Gasteiger partial charge in [-0.05, 0) is 24.5 Å². The highest BCUT2D eigenvalue weighted by Gasteiger charge is 2.35. The minimum absolute atomic E-state index is 0.208. The summed E-state index contributed by atoms with van der Waals surface area (Å²) in [5.41, 5.74) is 3.01. The van der Waals surface area contributed by atoms with E-state index in [0.29, 0.717) is 38.8 Å². The smallest absolute Gasteiger partial charge is 0.249 e. The Labute approximate surface area is 145 Å². The van der Waals surface area contributed by atoms with Crippen LogP contribution in [-0.4, -0.2) is 36.8 Å². The van der Waals surface area contributed by atoms with E-state index in [1.165, 1.54) is 0 Å². The first-order chi connectivity index (χ1) is 12.1. The van der Waals surface area contributed by atoms with Crippen LogP contribution >= 0.6 is 0 Å². The molecule has 1 aromatic carbocycles. The van der Waals surface area contributed by atoms with Crippen molar-refractivity contribution in [2.45, 2.75) is 38.1 Å². The number of nitrogens with one attached hydrogen (secondary N) is 1. The number of nitrogens with zero attached hydrogens (tertiary/aromatic N) is 1. The summed E-state index contributed by atoms with van der Waals surface area (Å²) in [6.45, 7) is 1.11. The second-order valence-electron chi connectivity index (χ2n) is 6.63. The average molecular weight is 340 g/mol. The molecule has 130 valence electrons. The summed E-state index contributed by atoms with van der Waals surface area (Å²) in [6, 6.07) is 5.57. The molecule has 0 bridgehead atoms. The topological polar surface area (TPSA) is 75.7 Å². The molecule has 0 spiro atoms. The molecule has 0 aromatic heterocycles. The Kier molecular flexibility index (Phi) is 4.03. The van der Waals surface area contributed by atoms with Crippen LogP contribution in [0.15, 0.2) is 24.3 Å². The van der Waals surface area contributed by atoms with Crippen LogP contribution in [0.25, 0.3) is 5.57 Å². The number of carbonyl (C=O) groups is 3. The number of allylic oxidation sites excluding steroid dienone is 2. The fourth-order valence-electron chi connectivity index (χ4n) is 3.79. The van der Waals surface area contributed by atoms with Crippen molar-refractivity contribution in [2.75, 3.05) is 18.1 Å². The molecular formula is C19H20N2O4. The van der Waals surface area contributed by atoms with Crippen LogP contribution in [-0.2, 0) is 14.4 Å². The van der Waals surface area contributed by atoms with Gasteiger partial charge in [-0.25, -0.2) is 0 Å². The van der Waals surface area contributed by atoms with Gasteiger partial charge >= 0.3 is 0 Å². The van der Waals surface area contributed by atoms with E-state index in [0.717, 1.165) is 29.0 Å². The fraction of sp³-hybridized carbons (Fsp3) is 0.421. The first-order valence-electron chi connectivity index (χ1n) is 8.71. The molecule has 0 radical (unpaired) electrons. The minimum Gasteiger partial charge on any atom is -0.489 e. The van der Waals surface area contributed by atoms with Gasteiger partial charge in [-0.15, -0.1) is 0 Å². The molecule has 25 heavy (non-hydrogen) atoms. The molecule has 2 heterocycles. The number of Topliss-reactive ketones (excluding diaryl/α,β-unsaturated/α-hetero) is 1. The lowest BCUT2D eigenvalue weighted by atomic mass is 9.91. The first-order valence-corrected chi connectivity index (χ1v) is 8.71. The molecule has 1 aliphatic carbocycles. The van der Waals surface area contributed by atoms with Crippen LogP contribution in [0.5, 0.6) is 5.75 Å². The molecule has 4 rings (SSSR count). The van der Waals surface area contributed by atoms with Crippen LogP contribution in [0.3, 0.4) is 0 Å². The third-order valence-electron chi connectivity index (χ3n) is 5.06. The van der Waals surface area contributed by atoms with Crippen molar-refractivity contribution in [1.82, 2.24) is 5.32 Å². The highest BCUT2D eigenvalue weighted by atomic mass is 16.5. The fourth-order valence-corrected chi connectivity index (χ4v) is 3.79. The van der Waals surface area contributed by atoms with E-state index >= 15 is 0 Å². The lowest BCUT2D eigenvalue weighted by Gasteiger charge is -2.39. The van der Waals surface area contributed by atoms with Crippen LogP contribution in [0.2, 0.25) is 0 Å². The summed E-state index contributed by atoms with van der Waals surface area (Å²) >= 11 is 0. The molecule has 0 unspecified atom stereocenters. The van der Waals surface area contributed by atoms with E-state index in [1.807, 2.05) is 29.2 Å². The Morgan fingerprint density at radius 2 is 2.00 bits per heavy atom. The van der Waals surface area contributed by atoms with Crippen molar-refractivity contribution < 1.29 is 19.1 Å². The number of piperidine rings is 1. The third kappa shape index (κ3) is 2.92. The van der Waals surface area contributed by atoms with E-state index in [-0.39, 0.29) is 23.6 Å². The largest absolute Gasteiger partial charge is 0.489 e. The molecule has 6 nitrogen and oxygen atoms in total. The van der Waals surface area contributed by atoms with Gasteiger partial charge in [-0.3, -0.25) is 19.7 Å². The Bertz CT molecular complexity index is 784. The van der Waals surface area contributed by atoms with Crippen molar-refractivity contribution in [3.8, 4) is 5.75 Å². The van der Waals surface area contributed by atoms with Crippen LogP contribution < -0.4 is 15.0 Å². The summed E-state index contributed by atoms with van der Waals surface area (Å²) in [5.74, 6) is 0.594. The van der Waals surface area contributed by atoms with Gasteiger partial charge in [0.1, 0.15) is 24.2 Å². The van der Waals surface area contributed by atoms with E-state index in [1.54, 1.807) is 0 Å². The summed E-state index contributed by atoms with van der Waals surface area (Å²) in [7, 11) is 0. The van der Waals surface area contributed by atoms with Gasteiger partial charge in [0.05, 0.1) is 12.2 Å². The maximum absolute atomic E-state index is 12.3. The number of fused-ring (bicyclic) bond motifs is 1. The quantitative estimate of drug-likeness (QED) is 0.831. The van der Waals surface area contributed by atoms with Crippen molar-refractivity contribution in [3.05, 3.63) is 29.8 Å². The molecule has 3 aliphatic rings. The number of hydrogen-bond acceptors (Lipinski definition) is 5. The zero-order chi connectivity index (χ0) is 17.4. The van der Waals surface area contributed by atoms with E-state index in [9.17, 15) is 14.4 Å². The second-order valence-corrected chi connectivity index (χ2v) is 6.63. The number of benzene rings is 1. The van der Waals surface area contributed by atoms with E-state index in [4.69, 9.17) is 4.74 Å². The van der Waals surface area contributed by atoms with Gasteiger partial charge in [-0.2, -0.15) is 0 Å². The van der Waals surface area contributed by atoms with E-state index in [2.05, 4.69) is 5.32 Å². The predicted octanol–water partition coefficient (Wildman–Crippen LogP) is 1.83. The molecule has 0 saturated carbocycles. The maximum Gasteiger partial charge on any atom is 0.249 e. The van der Waals surface area contributed by atoms with Crippen LogP contribution in [0.1, 0.15) is 37.7 Å². The Balaban J connectivity index is 1.68. The van der Waals surface area contributed by atoms with E-state index < -0.39 is 0 Å². The molecule has 2 amide bonds. The Morgan fingerprint density at radius 1 is 1.12 bits per heavy atom. The normalized spacial score (nSPS) is 23.5. The minimum atomic E-state index is -0.350. The van der Waals surface area contributed by atoms with Crippen LogP contribution in [0.4, 0.5) is 5.69 Å². The number of anilines is 1. The number of para-hydroxylation sites is 1. The number of carbonyl (C=O) groups excluding carboxylic acids is 3. The van der Waals surface area contributed by atoms with Gasteiger partial charge in [0.15, 0.2) is 0 Å². The van der Waals surface area contributed by atoms with Gasteiger partial charge < -0.3 is 9.64 Å². The highest BCUT2D eigenvalue weighted by Crippen LogP contribution is 2.41. The summed E-state index contributed by atoms with van der Waals surface area (Å²) in [6.07, 6.45) is 4.61. The Hall–Kier alpha value is -2.63. The third-order valence-corrected chi connectivity index (χ3v) is 5.06. The monoisotopic (exact) mass is 340 g/mol. The van der Waals surface area contributed by atoms with Crippen molar-refractivity contribution in [2.24, 2.45) is 0 Å². The number of amides is 2. The van der Waals surface area contributed by atoms with Gasteiger partial charge in [0.25, 0.3) is 0 Å². The van der Waals surface area contributed by atoms with Crippen LogP contribution in [0, 0.1) is 0 Å². The molecule has 1 N–H and O–H groups in total. The van der Waals surface area contributed by atoms with Gasteiger partial charge in [-0.1, -0.05) is 18.2 Å². The summed E-state index contributed by atoms with van der Waals surface area (Å²) < 4.78 is 5.95. The molecule has 1 atom stereocenters. The predicted molar refractivity (Wildman–Crippen MR) is 92.3 cm³/mol. The summed E-state index contributed by atoms with van der Waals surface area (Å²) in [4.78, 5) is 37.2. The highest BCUT2D eigenvalue weighted by molar-refractivity contribution is 6.02. The van der Waals surface area contributed by atoms with Gasteiger partial charge in [0.2, 0.25) is 11.8 Å². The molecule has 1 fully saturated rings. The number of hydrogen-bond donors (Lipinski definition) is 1. The Morgan fingerprint density at radius 3 is 2.76 bits per heavy atom. The van der Waals surface area contributed by atoms with Crippen molar-refractivity contribution >= 4 is 28.9 Å². The number of ether oxygens (including phenoxy) is 1. The molecule has 1 aromatic rings. The molecule has 6 heteroatoms. The second kappa shape index (κ2) is 6.35. The SMILES string of the molecule is O=C1CC=C(c2cccc3c2OCCN3[C@H]2CCC(=O)NC2=O)CC1. The lowest BCUT2D eigenvalue weighted by molar-refractivity contribution is -0.134. The van der Waals surface area contributed by atoms with Crippen molar-refractivity contribution in [3.63, 3.8) is 0 Å². The summed E-state index contributed by atoms with van der Waals surface area (Å²) in [5, 5.41) is 2.43. The number of rotatable bonds is 2. The first kappa shape index (κ1) is 15.9. The molecular weight excluding hydrogens is 320 g/mol. The zero-order valence-corrected chi connectivity index (χ0v) is 13.9. The van der Waals surface area contributed by atoms with Gasteiger partial charge in [0, 0.05) is 24.8 Å². The number of ketones is 1. The van der Waals surface area contributed by atoms with Crippen molar-refractivity contribution in [1.29, 1.82) is 0 Å². The maximum atomic E-state index is 12.3. The molecule has 1 saturated heterocycles. The number of imide groups is 1. The zero-order valence-electron chi connectivity index (χ0n) is 13.9. The molecule has 2 aliphatic heterocycles.